The molecule has 3 aliphatic rings. The molecular weight excluding hydrogens is 328 g/mol. The molecule has 4 rings (SSSR count). The van der Waals surface area contributed by atoms with E-state index in [1.165, 1.54) is 12.8 Å². The Kier molecular flexibility index (Phi) is 4.51. The standard InChI is InChI=1S/C21H28N2O3/c1-14-5-15(2)7-18(6-14)20(25)23-12-21(13-23)9-17(11-26-21)8-19(24)22-10-16-3-4-16/h5-7,16-17H,3-4,8-13H2,1-2H3,(H,22,24). The number of amides is 2. The van der Waals surface area contributed by atoms with Gasteiger partial charge in [-0.15, -0.1) is 0 Å². The van der Waals surface area contributed by atoms with Crippen molar-refractivity contribution in [3.8, 4) is 0 Å². The zero-order valence-corrected chi connectivity index (χ0v) is 15.7. The monoisotopic (exact) mass is 356 g/mol. The number of hydrogen-bond donors (Lipinski definition) is 1. The summed E-state index contributed by atoms with van der Waals surface area (Å²) in [5.41, 5.74) is 2.75. The molecule has 0 radical (unpaired) electrons. The van der Waals surface area contributed by atoms with E-state index in [0.29, 0.717) is 32.0 Å². The zero-order chi connectivity index (χ0) is 18.3. The van der Waals surface area contributed by atoms with Crippen LogP contribution in [0.15, 0.2) is 18.2 Å². The molecule has 5 heteroatoms. The first-order valence-corrected chi connectivity index (χ1v) is 9.71. The molecule has 2 heterocycles. The summed E-state index contributed by atoms with van der Waals surface area (Å²) >= 11 is 0. The zero-order valence-electron chi connectivity index (χ0n) is 15.7. The van der Waals surface area contributed by atoms with Gasteiger partial charge in [-0.1, -0.05) is 17.2 Å². The van der Waals surface area contributed by atoms with E-state index in [1.807, 2.05) is 30.9 Å². The van der Waals surface area contributed by atoms with Gasteiger partial charge in [-0.25, -0.2) is 0 Å². The molecular formula is C21H28N2O3. The van der Waals surface area contributed by atoms with Gasteiger partial charge in [-0.3, -0.25) is 9.59 Å². The molecule has 5 nitrogen and oxygen atoms in total. The van der Waals surface area contributed by atoms with Crippen molar-refractivity contribution in [2.75, 3.05) is 26.2 Å². The number of aryl methyl sites for hydroxylation is 2. The van der Waals surface area contributed by atoms with Gasteiger partial charge >= 0.3 is 0 Å². The van der Waals surface area contributed by atoms with Crippen LogP contribution in [0.25, 0.3) is 0 Å². The molecule has 2 aliphatic heterocycles. The maximum atomic E-state index is 12.7. The molecule has 140 valence electrons. The van der Waals surface area contributed by atoms with Gasteiger partial charge in [0.05, 0.1) is 19.7 Å². The van der Waals surface area contributed by atoms with E-state index in [1.54, 1.807) is 0 Å². The third kappa shape index (κ3) is 3.78. The highest BCUT2D eigenvalue weighted by atomic mass is 16.5. The minimum atomic E-state index is -0.226. The summed E-state index contributed by atoms with van der Waals surface area (Å²) in [5.74, 6) is 1.20. The van der Waals surface area contributed by atoms with Crippen molar-refractivity contribution in [2.24, 2.45) is 11.8 Å². The van der Waals surface area contributed by atoms with Gasteiger partial charge in [0.25, 0.3) is 5.91 Å². The highest BCUT2D eigenvalue weighted by molar-refractivity contribution is 5.95. The SMILES string of the molecule is Cc1cc(C)cc(C(=O)N2CC3(CC(CC(=O)NCC4CC4)CO3)C2)c1. The van der Waals surface area contributed by atoms with Gasteiger partial charge in [0.2, 0.25) is 5.91 Å². The summed E-state index contributed by atoms with van der Waals surface area (Å²) in [4.78, 5) is 26.6. The smallest absolute Gasteiger partial charge is 0.254 e. The summed E-state index contributed by atoms with van der Waals surface area (Å²) < 4.78 is 6.02. The number of likely N-dealkylation sites (tertiary alicyclic amines) is 1. The van der Waals surface area contributed by atoms with Crippen LogP contribution in [0, 0.1) is 25.7 Å². The number of carbonyl (C=O) groups is 2. The van der Waals surface area contributed by atoms with Crippen LogP contribution in [0.4, 0.5) is 0 Å². The van der Waals surface area contributed by atoms with E-state index in [9.17, 15) is 9.59 Å². The van der Waals surface area contributed by atoms with E-state index >= 15 is 0 Å². The lowest BCUT2D eigenvalue weighted by molar-refractivity contribution is -0.122. The van der Waals surface area contributed by atoms with Crippen molar-refractivity contribution in [3.63, 3.8) is 0 Å². The molecule has 26 heavy (non-hydrogen) atoms. The fourth-order valence-corrected chi connectivity index (χ4v) is 4.28. The van der Waals surface area contributed by atoms with Gasteiger partial charge in [0, 0.05) is 18.5 Å². The molecule has 1 saturated carbocycles. The fourth-order valence-electron chi connectivity index (χ4n) is 4.28. The average Bonchev–Trinajstić information content (AvgIpc) is 3.29. The Morgan fingerprint density at radius 1 is 1.15 bits per heavy atom. The quantitative estimate of drug-likeness (QED) is 0.882. The molecule has 1 N–H and O–H groups in total. The second-order valence-electron chi connectivity index (χ2n) is 8.55. The predicted octanol–water partition coefficient (Wildman–Crippen LogP) is 2.45. The molecule has 2 amide bonds. The van der Waals surface area contributed by atoms with Gasteiger partial charge in [-0.05, 0) is 57.1 Å². The largest absolute Gasteiger partial charge is 0.371 e. The number of benzene rings is 1. The van der Waals surface area contributed by atoms with Gasteiger partial charge in [0.15, 0.2) is 0 Å². The minimum absolute atomic E-state index is 0.0802. The molecule has 0 aromatic heterocycles. The summed E-state index contributed by atoms with van der Waals surface area (Å²) in [5, 5.41) is 3.03. The van der Waals surface area contributed by atoms with Crippen LogP contribution in [0.2, 0.25) is 0 Å². The summed E-state index contributed by atoms with van der Waals surface area (Å²) in [6.45, 7) is 6.76. The Morgan fingerprint density at radius 2 is 1.85 bits per heavy atom. The number of carbonyl (C=O) groups excluding carboxylic acids is 2. The minimum Gasteiger partial charge on any atom is -0.371 e. The number of rotatable bonds is 5. The first-order chi connectivity index (χ1) is 12.4. The molecule has 0 bridgehead atoms. The Labute approximate surface area is 155 Å². The molecule has 3 fully saturated rings. The lowest BCUT2D eigenvalue weighted by Crippen LogP contribution is -2.63. The number of nitrogens with one attached hydrogen (secondary N) is 1. The first-order valence-electron chi connectivity index (χ1n) is 9.71. The maximum absolute atomic E-state index is 12.7. The molecule has 1 unspecified atom stereocenters. The van der Waals surface area contributed by atoms with E-state index < -0.39 is 0 Å². The van der Waals surface area contributed by atoms with Gasteiger partial charge < -0.3 is 15.0 Å². The lowest BCUT2D eigenvalue weighted by Gasteiger charge is -2.47. The molecule has 2 saturated heterocycles. The Balaban J connectivity index is 1.27. The Morgan fingerprint density at radius 3 is 2.50 bits per heavy atom. The van der Waals surface area contributed by atoms with Crippen molar-refractivity contribution >= 4 is 11.8 Å². The Bertz CT molecular complexity index is 700. The summed E-state index contributed by atoms with van der Waals surface area (Å²) in [7, 11) is 0. The lowest BCUT2D eigenvalue weighted by atomic mass is 9.85. The highest BCUT2D eigenvalue weighted by Gasteiger charge is 2.51. The second-order valence-corrected chi connectivity index (χ2v) is 8.55. The molecule has 1 spiro atoms. The van der Waals surface area contributed by atoms with Crippen LogP contribution in [-0.4, -0.2) is 48.6 Å². The van der Waals surface area contributed by atoms with Crippen molar-refractivity contribution in [3.05, 3.63) is 34.9 Å². The van der Waals surface area contributed by atoms with Crippen molar-refractivity contribution < 1.29 is 14.3 Å². The second kappa shape index (κ2) is 6.69. The normalized spacial score (nSPS) is 23.8. The van der Waals surface area contributed by atoms with E-state index in [-0.39, 0.29) is 23.3 Å². The molecule has 1 aromatic carbocycles. The summed E-state index contributed by atoms with van der Waals surface area (Å²) in [6.07, 6.45) is 3.92. The van der Waals surface area contributed by atoms with Gasteiger partial charge in [-0.2, -0.15) is 0 Å². The summed E-state index contributed by atoms with van der Waals surface area (Å²) in [6, 6.07) is 5.97. The van der Waals surface area contributed by atoms with Crippen LogP contribution in [0.5, 0.6) is 0 Å². The molecule has 1 aliphatic carbocycles. The van der Waals surface area contributed by atoms with Crippen molar-refractivity contribution in [2.45, 2.75) is 45.1 Å². The third-order valence-electron chi connectivity index (χ3n) is 5.76. The van der Waals surface area contributed by atoms with Crippen LogP contribution in [0.3, 0.4) is 0 Å². The number of ether oxygens (including phenoxy) is 1. The fraction of sp³-hybridized carbons (Fsp3) is 0.619. The predicted molar refractivity (Wildman–Crippen MR) is 99.0 cm³/mol. The van der Waals surface area contributed by atoms with Gasteiger partial charge in [0.1, 0.15) is 5.60 Å². The van der Waals surface area contributed by atoms with Crippen LogP contribution in [0.1, 0.15) is 47.2 Å². The van der Waals surface area contributed by atoms with E-state index in [2.05, 4.69) is 11.4 Å². The topological polar surface area (TPSA) is 58.6 Å². The van der Waals surface area contributed by atoms with Crippen molar-refractivity contribution in [1.29, 1.82) is 0 Å². The maximum Gasteiger partial charge on any atom is 0.254 e. The highest BCUT2D eigenvalue weighted by Crippen LogP contribution is 2.39. The Hall–Kier alpha value is -1.88. The third-order valence-corrected chi connectivity index (χ3v) is 5.76. The average molecular weight is 356 g/mol. The molecule has 1 atom stereocenters. The number of nitrogens with zero attached hydrogens (tertiary/aromatic N) is 1. The number of hydrogen-bond acceptors (Lipinski definition) is 3. The van der Waals surface area contributed by atoms with Crippen molar-refractivity contribution in [1.82, 2.24) is 10.2 Å². The van der Waals surface area contributed by atoms with Crippen LogP contribution >= 0.6 is 0 Å². The van der Waals surface area contributed by atoms with Crippen LogP contribution in [-0.2, 0) is 9.53 Å². The molecule has 1 aromatic rings. The van der Waals surface area contributed by atoms with E-state index in [0.717, 1.165) is 29.7 Å². The van der Waals surface area contributed by atoms with Crippen LogP contribution < -0.4 is 5.32 Å². The first kappa shape index (κ1) is 17.5. The van der Waals surface area contributed by atoms with E-state index in [4.69, 9.17) is 4.74 Å².